The van der Waals surface area contributed by atoms with Gasteiger partial charge in [0.2, 0.25) is 0 Å². The van der Waals surface area contributed by atoms with Crippen molar-refractivity contribution in [1.29, 1.82) is 5.26 Å². The summed E-state index contributed by atoms with van der Waals surface area (Å²) < 4.78 is 41.8. The molecule has 1 saturated heterocycles. The Morgan fingerprint density at radius 2 is 1.80 bits per heavy atom. The number of aldehydes is 1. The number of amides is 2. The molecule has 1 aliphatic carbocycles. The van der Waals surface area contributed by atoms with E-state index in [9.17, 15) is 27.6 Å². The molecule has 3 aromatic rings. The summed E-state index contributed by atoms with van der Waals surface area (Å²) in [4.78, 5) is 43.8. The molecule has 5 rings (SSSR count). The summed E-state index contributed by atoms with van der Waals surface area (Å²) in [5, 5.41) is 17.3. The van der Waals surface area contributed by atoms with Crippen LogP contribution in [0.3, 0.4) is 0 Å². The van der Waals surface area contributed by atoms with E-state index in [-0.39, 0.29) is 23.1 Å². The van der Waals surface area contributed by atoms with Crippen molar-refractivity contribution in [1.82, 2.24) is 25.3 Å². The number of hydrogen-bond donors (Lipinski definition) is 2. The van der Waals surface area contributed by atoms with E-state index < -0.39 is 29.6 Å². The first-order valence-corrected chi connectivity index (χ1v) is 14.7. The summed E-state index contributed by atoms with van der Waals surface area (Å²) in [6, 6.07) is 12.4. The van der Waals surface area contributed by atoms with Gasteiger partial charge in [0.25, 0.3) is 11.8 Å². The van der Waals surface area contributed by atoms with E-state index in [1.54, 1.807) is 9.58 Å². The lowest BCUT2D eigenvalue weighted by Gasteiger charge is -2.30. The molecule has 1 saturated carbocycles. The monoisotopic (exact) mass is 623 g/mol. The number of halogens is 3. The second kappa shape index (κ2) is 14.4. The van der Waals surface area contributed by atoms with Gasteiger partial charge in [-0.3, -0.25) is 9.59 Å². The number of anilines is 1. The number of piperazine rings is 1. The van der Waals surface area contributed by atoms with Gasteiger partial charge < -0.3 is 25.2 Å². The number of nitrogens with zero attached hydrogens (tertiary/aromatic N) is 5. The van der Waals surface area contributed by atoms with Gasteiger partial charge in [0, 0.05) is 63.4 Å². The second-order valence-electron chi connectivity index (χ2n) is 11.0. The number of alkyl halides is 3. The van der Waals surface area contributed by atoms with Crippen LogP contribution < -0.4 is 15.5 Å². The molecular weight excluding hydrogens is 587 g/mol. The third-order valence-corrected chi connectivity index (χ3v) is 8.09. The van der Waals surface area contributed by atoms with Crippen LogP contribution in [0.25, 0.3) is 5.69 Å². The van der Waals surface area contributed by atoms with Gasteiger partial charge in [-0.2, -0.15) is 18.3 Å². The molecule has 13 heteroatoms. The highest BCUT2D eigenvalue weighted by Gasteiger charge is 2.45. The first-order valence-electron chi connectivity index (χ1n) is 14.7. The van der Waals surface area contributed by atoms with Crippen LogP contribution >= 0.6 is 0 Å². The molecule has 0 bridgehead atoms. The normalized spacial score (nSPS) is 16.1. The highest BCUT2D eigenvalue weighted by Crippen LogP contribution is 2.48. The van der Waals surface area contributed by atoms with Crippen molar-refractivity contribution in [3.05, 3.63) is 77.0 Å². The molecule has 2 aliphatic rings. The number of nitriles is 1. The molecule has 2 fully saturated rings. The lowest BCUT2D eigenvalue weighted by molar-refractivity contribution is -0.137. The van der Waals surface area contributed by atoms with Gasteiger partial charge in [-0.05, 0) is 56.0 Å². The molecule has 2 atom stereocenters. The van der Waals surface area contributed by atoms with Gasteiger partial charge in [0.15, 0.2) is 5.69 Å². The molecule has 10 nitrogen and oxygen atoms in total. The van der Waals surface area contributed by atoms with Crippen molar-refractivity contribution in [2.45, 2.75) is 37.9 Å². The van der Waals surface area contributed by atoms with Crippen molar-refractivity contribution in [3.63, 3.8) is 0 Å². The van der Waals surface area contributed by atoms with Crippen molar-refractivity contribution in [2.75, 3.05) is 44.7 Å². The number of benzene rings is 2. The summed E-state index contributed by atoms with van der Waals surface area (Å²) in [5.41, 5.74) is 0.322. The Balaban J connectivity index is 0.00000226. The second-order valence-corrected chi connectivity index (χ2v) is 11.0. The number of aromatic nitrogens is 2. The van der Waals surface area contributed by atoms with E-state index >= 15 is 0 Å². The van der Waals surface area contributed by atoms with Crippen molar-refractivity contribution >= 4 is 23.9 Å². The predicted molar refractivity (Wildman–Crippen MR) is 162 cm³/mol. The Hall–Kier alpha value is -4.70. The Bertz CT molecular complexity index is 1510. The van der Waals surface area contributed by atoms with Gasteiger partial charge in [-0.25, -0.2) is 9.94 Å². The van der Waals surface area contributed by atoms with E-state index in [1.165, 1.54) is 6.07 Å². The number of carbonyl (C=O) groups excluding carboxylic acids is 3. The molecule has 45 heavy (non-hydrogen) atoms. The van der Waals surface area contributed by atoms with Crippen LogP contribution in [0.4, 0.5) is 19.0 Å². The van der Waals surface area contributed by atoms with Crippen LogP contribution in [0.5, 0.6) is 0 Å². The summed E-state index contributed by atoms with van der Waals surface area (Å²) in [6.07, 6.45) is -2.48. The Morgan fingerprint density at radius 3 is 2.38 bits per heavy atom. The predicted octanol–water partition coefficient (Wildman–Crippen LogP) is 4.02. The van der Waals surface area contributed by atoms with E-state index in [0.717, 1.165) is 36.7 Å². The topological polar surface area (TPSA) is 123 Å². The molecule has 1 aliphatic heterocycles. The maximum Gasteiger partial charge on any atom is 0.416 e. The van der Waals surface area contributed by atoms with Crippen LogP contribution in [-0.4, -0.2) is 78.6 Å². The van der Waals surface area contributed by atoms with E-state index in [4.69, 9.17) is 10.4 Å². The number of hydrogen-bond acceptors (Lipinski definition) is 7. The molecular formula is C32H36F3N7O3. The smallest absolute Gasteiger partial charge is 0.360 e. The summed E-state index contributed by atoms with van der Waals surface area (Å²) in [7, 11) is 1.88. The first-order chi connectivity index (χ1) is 21.6. The van der Waals surface area contributed by atoms with Crippen molar-refractivity contribution in [2.24, 2.45) is 5.92 Å². The minimum absolute atomic E-state index is 0.0380. The summed E-state index contributed by atoms with van der Waals surface area (Å²) in [5.74, 6) is -1.11. The van der Waals surface area contributed by atoms with Crippen molar-refractivity contribution in [3.8, 4) is 12.3 Å². The molecule has 0 spiro atoms. The van der Waals surface area contributed by atoms with Crippen LogP contribution in [-0.2, 0) is 11.0 Å². The quantitative estimate of drug-likeness (QED) is 0.327. The third-order valence-electron chi connectivity index (χ3n) is 8.09. The molecule has 2 heterocycles. The Labute approximate surface area is 259 Å². The molecule has 2 N–H and O–H groups in total. The zero-order valence-electron chi connectivity index (χ0n) is 25.1. The largest absolute Gasteiger partial charge is 0.416 e. The Morgan fingerprint density at radius 1 is 1.13 bits per heavy atom. The molecule has 1 aromatic heterocycles. The van der Waals surface area contributed by atoms with Crippen LogP contribution in [0.2, 0.25) is 0 Å². The highest BCUT2D eigenvalue weighted by atomic mass is 19.4. The average molecular weight is 624 g/mol. The first kappa shape index (κ1) is 33.2. The number of para-hydroxylation sites is 1. The summed E-state index contributed by atoms with van der Waals surface area (Å²) >= 11 is 0. The standard InChI is InChI=1S/C31H35F3N6O3.CHN/c1-3-38(2)29-26(27(30(43)39-16-14-35-15-17-39)37-40(29)23-10-5-4-6-11-23)25(20-12-13-20)24(19-41)36-28(42)21-8-7-9-22(18-21)31(32,33)34;1-2/h4-11,18-20,24-25,35H,3,12-17H2,1-2H3,(H,36,42);1H. The van der Waals surface area contributed by atoms with E-state index in [0.29, 0.717) is 50.4 Å². The van der Waals surface area contributed by atoms with Crippen molar-refractivity contribution < 1.29 is 27.6 Å². The molecule has 238 valence electrons. The average Bonchev–Trinajstić information content (AvgIpc) is 3.84. The molecule has 2 aromatic carbocycles. The molecule has 0 radical (unpaired) electrons. The number of nitrogens with one attached hydrogen (secondary N) is 2. The minimum Gasteiger partial charge on any atom is -0.360 e. The maximum absolute atomic E-state index is 14.1. The highest BCUT2D eigenvalue weighted by molar-refractivity contribution is 5.98. The van der Waals surface area contributed by atoms with Crippen LogP contribution in [0.15, 0.2) is 54.6 Å². The third kappa shape index (κ3) is 7.34. The van der Waals surface area contributed by atoms with Gasteiger partial charge in [-0.1, -0.05) is 24.3 Å². The lowest BCUT2D eigenvalue weighted by atomic mass is 9.86. The number of rotatable bonds is 10. The van der Waals surface area contributed by atoms with Gasteiger partial charge in [0.1, 0.15) is 12.1 Å². The number of carbonyl (C=O) groups is 3. The van der Waals surface area contributed by atoms with Crippen LogP contribution in [0, 0.1) is 17.8 Å². The summed E-state index contributed by atoms with van der Waals surface area (Å²) in [6.45, 7) is 8.28. The molecule has 2 amide bonds. The van der Waals surface area contributed by atoms with Gasteiger partial charge >= 0.3 is 6.18 Å². The maximum atomic E-state index is 14.1. The van der Waals surface area contributed by atoms with Gasteiger partial charge in [0.05, 0.1) is 17.3 Å². The fourth-order valence-corrected chi connectivity index (χ4v) is 5.61. The fraction of sp³-hybridized carbons (Fsp3) is 0.406. The SMILES string of the molecule is C#N.CCN(C)c1c(C(C2CC2)C(C=O)NC(=O)c2cccc(C(F)(F)F)c2)c(C(=O)N2CCNCC2)nn1-c1ccccc1. The zero-order chi connectivity index (χ0) is 32.7. The Kier molecular flexibility index (Phi) is 10.6. The fourth-order valence-electron chi connectivity index (χ4n) is 5.61. The lowest BCUT2D eigenvalue weighted by Crippen LogP contribution is -2.47. The zero-order valence-corrected chi connectivity index (χ0v) is 25.1. The van der Waals surface area contributed by atoms with E-state index in [1.807, 2.05) is 49.2 Å². The van der Waals surface area contributed by atoms with E-state index in [2.05, 4.69) is 17.2 Å². The minimum atomic E-state index is -4.62. The molecule has 2 unspecified atom stereocenters. The van der Waals surface area contributed by atoms with Gasteiger partial charge in [-0.15, -0.1) is 0 Å². The van der Waals surface area contributed by atoms with Crippen LogP contribution in [0.1, 0.15) is 57.7 Å².